The first-order valence-electron chi connectivity index (χ1n) is 8.57. The molecule has 2 amide bonds. The van der Waals surface area contributed by atoms with Crippen LogP contribution < -0.4 is 5.32 Å². The van der Waals surface area contributed by atoms with Gasteiger partial charge in [-0.25, -0.2) is 9.59 Å². The number of piperidine rings is 1. The van der Waals surface area contributed by atoms with Gasteiger partial charge < -0.3 is 15.0 Å². The Labute approximate surface area is 143 Å². The van der Waals surface area contributed by atoms with Gasteiger partial charge in [0.15, 0.2) is 5.54 Å². The topological polar surface area (TPSA) is 76.5 Å². The Balaban J connectivity index is 2.05. The Morgan fingerprint density at radius 1 is 1.42 bits per heavy atom. The molecule has 134 valence electrons. The molecule has 0 aliphatic carbocycles. The van der Waals surface area contributed by atoms with Crippen molar-refractivity contribution in [1.29, 1.82) is 0 Å². The van der Waals surface area contributed by atoms with Gasteiger partial charge in [0, 0.05) is 18.8 Å². The third-order valence-electron chi connectivity index (χ3n) is 4.82. The Kier molecular flexibility index (Phi) is 5.51. The van der Waals surface area contributed by atoms with Crippen molar-refractivity contribution in [3.8, 4) is 0 Å². The van der Waals surface area contributed by atoms with Crippen LogP contribution in [-0.2, 0) is 15.1 Å². The number of anilines is 1. The maximum absolute atomic E-state index is 12.5. The molecule has 0 bridgehead atoms. The van der Waals surface area contributed by atoms with Crippen LogP contribution in [0.25, 0.3) is 0 Å². The Bertz CT molecular complexity index is 596. The van der Waals surface area contributed by atoms with Gasteiger partial charge >= 0.3 is 12.0 Å². The molecular weight excluding hydrogens is 308 g/mol. The van der Waals surface area contributed by atoms with Crippen LogP contribution in [0.4, 0.5) is 10.5 Å². The zero-order valence-corrected chi connectivity index (χ0v) is 15.2. The molecule has 2 rings (SSSR count). The van der Waals surface area contributed by atoms with Gasteiger partial charge in [-0.05, 0) is 46.5 Å². The zero-order chi connectivity index (χ0) is 17.9. The van der Waals surface area contributed by atoms with Crippen LogP contribution in [0.1, 0.15) is 47.5 Å². The van der Waals surface area contributed by atoms with Gasteiger partial charge in [0.2, 0.25) is 0 Å². The lowest BCUT2D eigenvalue weighted by Gasteiger charge is -2.37. The summed E-state index contributed by atoms with van der Waals surface area (Å²) in [5, 5.41) is 7.08. The lowest BCUT2D eigenvalue weighted by atomic mass is 9.92. The number of hydrogen-bond acceptors (Lipinski definition) is 4. The summed E-state index contributed by atoms with van der Waals surface area (Å²) in [6, 6.07) is 0.0901. The van der Waals surface area contributed by atoms with Gasteiger partial charge in [0.1, 0.15) is 0 Å². The van der Waals surface area contributed by atoms with E-state index in [1.165, 1.54) is 4.68 Å². The molecule has 0 radical (unpaired) electrons. The van der Waals surface area contributed by atoms with Crippen molar-refractivity contribution in [2.45, 2.75) is 59.0 Å². The standard InChI is InChI=1S/C17H28N4O3/c1-6-24-15(22)17(4,5)21-11-14(10-18-21)19-16(23)20-9-7-8-12(2)13(20)3/h10-13H,6-9H2,1-5H3,(H,19,23)/t12-,13+/m0/s1. The van der Waals surface area contributed by atoms with Gasteiger partial charge in [-0.15, -0.1) is 0 Å². The van der Waals surface area contributed by atoms with Crippen molar-refractivity contribution in [2.24, 2.45) is 5.92 Å². The van der Waals surface area contributed by atoms with E-state index in [1.807, 2.05) is 4.90 Å². The summed E-state index contributed by atoms with van der Waals surface area (Å²) in [5.74, 6) is 0.138. The fraction of sp³-hybridized carbons (Fsp3) is 0.706. The number of carbonyl (C=O) groups excluding carboxylic acids is 2. The van der Waals surface area contributed by atoms with Crippen LogP contribution >= 0.6 is 0 Å². The first-order valence-corrected chi connectivity index (χ1v) is 8.57. The predicted molar refractivity (Wildman–Crippen MR) is 91.8 cm³/mol. The minimum Gasteiger partial charge on any atom is -0.464 e. The molecule has 24 heavy (non-hydrogen) atoms. The van der Waals surface area contributed by atoms with E-state index in [2.05, 4.69) is 24.3 Å². The summed E-state index contributed by atoms with van der Waals surface area (Å²) in [6.45, 7) is 10.6. The number of amides is 2. The van der Waals surface area contributed by atoms with Crippen molar-refractivity contribution in [1.82, 2.24) is 14.7 Å². The number of carbonyl (C=O) groups is 2. The normalized spacial score (nSPS) is 21.5. The Morgan fingerprint density at radius 3 is 2.79 bits per heavy atom. The molecule has 1 aliphatic rings. The maximum atomic E-state index is 12.5. The van der Waals surface area contributed by atoms with Gasteiger partial charge in [0.25, 0.3) is 0 Å². The third-order valence-corrected chi connectivity index (χ3v) is 4.82. The molecule has 7 nitrogen and oxygen atoms in total. The summed E-state index contributed by atoms with van der Waals surface area (Å²) in [7, 11) is 0. The highest BCUT2D eigenvalue weighted by Crippen LogP contribution is 2.24. The molecule has 0 aromatic carbocycles. The van der Waals surface area contributed by atoms with Gasteiger partial charge in [-0.2, -0.15) is 5.10 Å². The van der Waals surface area contributed by atoms with Crippen LogP contribution in [0.2, 0.25) is 0 Å². The minimum absolute atomic E-state index is 0.123. The van der Waals surface area contributed by atoms with Gasteiger partial charge in [-0.3, -0.25) is 4.68 Å². The van der Waals surface area contributed by atoms with Crippen molar-refractivity contribution in [3.63, 3.8) is 0 Å². The number of urea groups is 1. The first-order chi connectivity index (χ1) is 11.3. The fourth-order valence-corrected chi connectivity index (χ4v) is 2.91. The Hall–Kier alpha value is -2.05. The highest BCUT2D eigenvalue weighted by Gasteiger charge is 2.33. The molecule has 0 saturated carbocycles. The largest absolute Gasteiger partial charge is 0.464 e. The average molecular weight is 336 g/mol. The molecule has 7 heteroatoms. The number of rotatable bonds is 4. The molecule has 2 atom stereocenters. The summed E-state index contributed by atoms with van der Waals surface area (Å²) < 4.78 is 6.59. The fourth-order valence-electron chi connectivity index (χ4n) is 2.91. The monoisotopic (exact) mass is 336 g/mol. The number of ether oxygens (including phenoxy) is 1. The molecule has 1 aliphatic heterocycles. The SMILES string of the molecule is CCOC(=O)C(C)(C)n1cc(NC(=O)N2CCC[C@H](C)[C@H]2C)cn1. The van der Waals surface area contributed by atoms with Crippen molar-refractivity contribution < 1.29 is 14.3 Å². The zero-order valence-electron chi connectivity index (χ0n) is 15.2. The first kappa shape index (κ1) is 18.3. The molecule has 1 N–H and O–H groups in total. The summed E-state index contributed by atoms with van der Waals surface area (Å²) >= 11 is 0. The van der Waals surface area contributed by atoms with E-state index < -0.39 is 5.54 Å². The van der Waals surface area contributed by atoms with E-state index in [0.717, 1.165) is 19.4 Å². The number of esters is 1. The van der Waals surface area contributed by atoms with E-state index >= 15 is 0 Å². The number of hydrogen-bond donors (Lipinski definition) is 1. The van der Waals surface area contributed by atoms with Crippen LogP contribution in [0, 0.1) is 5.92 Å². The number of aromatic nitrogens is 2. The van der Waals surface area contributed by atoms with Crippen molar-refractivity contribution in [3.05, 3.63) is 12.4 Å². The molecular formula is C17H28N4O3. The summed E-state index contributed by atoms with van der Waals surface area (Å²) in [5.41, 5.74) is -0.353. The van der Waals surface area contributed by atoms with Gasteiger partial charge in [0.05, 0.1) is 18.5 Å². The van der Waals surface area contributed by atoms with Crippen molar-refractivity contribution in [2.75, 3.05) is 18.5 Å². The average Bonchev–Trinajstić information content (AvgIpc) is 2.99. The maximum Gasteiger partial charge on any atom is 0.333 e. The number of nitrogens with one attached hydrogen (secondary N) is 1. The van der Waals surface area contributed by atoms with E-state index in [0.29, 0.717) is 18.2 Å². The molecule has 0 unspecified atom stereocenters. The molecule has 0 spiro atoms. The highest BCUT2D eigenvalue weighted by molar-refractivity contribution is 5.89. The predicted octanol–water partition coefficient (Wildman–Crippen LogP) is 2.83. The lowest BCUT2D eigenvalue weighted by Crippen LogP contribution is -2.47. The van der Waals surface area contributed by atoms with Crippen LogP contribution in [0.15, 0.2) is 12.4 Å². The molecule has 1 aromatic rings. The van der Waals surface area contributed by atoms with Crippen LogP contribution in [0.3, 0.4) is 0 Å². The molecule has 1 saturated heterocycles. The van der Waals surface area contributed by atoms with Gasteiger partial charge in [-0.1, -0.05) is 6.92 Å². The molecule has 2 heterocycles. The minimum atomic E-state index is -0.925. The van der Waals surface area contributed by atoms with Crippen LogP contribution in [-0.4, -0.2) is 45.9 Å². The summed E-state index contributed by atoms with van der Waals surface area (Å²) in [4.78, 5) is 26.4. The second kappa shape index (κ2) is 7.23. The van der Waals surface area contributed by atoms with E-state index in [1.54, 1.807) is 33.2 Å². The third kappa shape index (κ3) is 3.71. The van der Waals surface area contributed by atoms with E-state index in [9.17, 15) is 9.59 Å². The highest BCUT2D eigenvalue weighted by atomic mass is 16.5. The second-order valence-corrected chi connectivity index (χ2v) is 6.94. The van der Waals surface area contributed by atoms with E-state index in [4.69, 9.17) is 4.74 Å². The number of likely N-dealkylation sites (tertiary alicyclic amines) is 1. The van der Waals surface area contributed by atoms with Crippen molar-refractivity contribution >= 4 is 17.7 Å². The summed E-state index contributed by atoms with van der Waals surface area (Å²) in [6.07, 6.45) is 5.38. The Morgan fingerprint density at radius 2 is 2.12 bits per heavy atom. The molecule has 1 aromatic heterocycles. The molecule has 1 fully saturated rings. The number of nitrogens with zero attached hydrogens (tertiary/aromatic N) is 3. The van der Waals surface area contributed by atoms with E-state index in [-0.39, 0.29) is 18.0 Å². The smallest absolute Gasteiger partial charge is 0.333 e. The van der Waals surface area contributed by atoms with Crippen LogP contribution in [0.5, 0.6) is 0 Å². The second-order valence-electron chi connectivity index (χ2n) is 6.94. The lowest BCUT2D eigenvalue weighted by molar-refractivity contribution is -0.152. The quantitative estimate of drug-likeness (QED) is 0.858.